The van der Waals surface area contributed by atoms with E-state index in [1.54, 1.807) is 43.1 Å². The van der Waals surface area contributed by atoms with Crippen LogP contribution in [0.3, 0.4) is 0 Å². The Balaban J connectivity index is 1.57. The molecule has 3 N–H and O–H groups in total. The van der Waals surface area contributed by atoms with E-state index in [0.29, 0.717) is 40.1 Å². The Bertz CT molecular complexity index is 1410. The Morgan fingerprint density at radius 2 is 2.06 bits per heavy atom. The van der Waals surface area contributed by atoms with Crippen LogP contribution in [0.2, 0.25) is 0 Å². The van der Waals surface area contributed by atoms with Gasteiger partial charge in [0.05, 0.1) is 18.3 Å². The number of carbonyl (C=O) groups excluding carboxylic acids is 2. The van der Waals surface area contributed by atoms with Gasteiger partial charge in [0.2, 0.25) is 5.60 Å². The number of fused-ring (bicyclic) bond motifs is 1. The van der Waals surface area contributed by atoms with E-state index in [-0.39, 0.29) is 17.9 Å². The molecule has 5 rings (SSSR count). The number of nitrogens with zero attached hydrogens (tertiary/aromatic N) is 4. The van der Waals surface area contributed by atoms with E-state index in [2.05, 4.69) is 10.3 Å². The minimum Gasteiger partial charge on any atom is -0.497 e. The van der Waals surface area contributed by atoms with Gasteiger partial charge in [0.15, 0.2) is 11.5 Å². The Morgan fingerprint density at radius 3 is 2.76 bits per heavy atom. The molecule has 3 heterocycles. The summed E-state index contributed by atoms with van der Waals surface area (Å²) in [6.45, 7) is 0.431. The molecule has 0 spiro atoms. The zero-order valence-corrected chi connectivity index (χ0v) is 18.0. The molecule has 1 fully saturated rings. The number of hydrogen-bond donors (Lipinski definition) is 2. The van der Waals surface area contributed by atoms with Gasteiger partial charge in [-0.15, -0.1) is 0 Å². The molecule has 4 aromatic rings. The third-order valence-electron chi connectivity index (χ3n) is 5.93. The Labute approximate surface area is 188 Å². The number of carbonyl (C=O) groups is 2. The van der Waals surface area contributed by atoms with Crippen LogP contribution >= 0.6 is 0 Å². The predicted octanol–water partition coefficient (Wildman–Crippen LogP) is 1.84. The molecular weight excluding hydrogens is 426 g/mol. The molecule has 2 amide bonds. The number of rotatable bonds is 5. The van der Waals surface area contributed by atoms with Crippen LogP contribution in [0.1, 0.15) is 22.7 Å². The van der Waals surface area contributed by atoms with Crippen LogP contribution in [0, 0.1) is 0 Å². The van der Waals surface area contributed by atoms with Crippen molar-refractivity contribution in [3.63, 3.8) is 0 Å². The highest BCUT2D eigenvalue weighted by Crippen LogP contribution is 2.35. The second-order valence-corrected chi connectivity index (χ2v) is 7.97. The Kier molecular flexibility index (Phi) is 4.68. The van der Waals surface area contributed by atoms with Crippen LogP contribution in [0.15, 0.2) is 53.1 Å². The van der Waals surface area contributed by atoms with E-state index in [1.807, 2.05) is 24.3 Å². The second-order valence-electron chi connectivity index (χ2n) is 7.97. The van der Waals surface area contributed by atoms with Crippen molar-refractivity contribution in [3.05, 3.63) is 60.0 Å². The Morgan fingerprint density at radius 1 is 1.24 bits per heavy atom. The van der Waals surface area contributed by atoms with E-state index in [9.17, 15) is 14.7 Å². The van der Waals surface area contributed by atoms with Crippen molar-refractivity contribution in [2.45, 2.75) is 12.0 Å². The number of hydrogen-bond acceptors (Lipinski definition) is 7. The molecule has 0 aliphatic carbocycles. The fourth-order valence-corrected chi connectivity index (χ4v) is 4.09. The first-order chi connectivity index (χ1) is 15.8. The van der Waals surface area contributed by atoms with Crippen molar-refractivity contribution in [2.24, 2.45) is 5.73 Å². The zero-order chi connectivity index (χ0) is 23.3. The van der Waals surface area contributed by atoms with Gasteiger partial charge in [-0.05, 0) is 30.3 Å². The zero-order valence-electron chi connectivity index (χ0n) is 18.0. The van der Waals surface area contributed by atoms with Crippen LogP contribution in [0.25, 0.3) is 27.8 Å². The van der Waals surface area contributed by atoms with E-state index >= 15 is 0 Å². The summed E-state index contributed by atoms with van der Waals surface area (Å²) in [5.74, 6) is -0.386. The molecular formula is C23H21N5O5. The number of aromatic nitrogens is 3. The molecule has 1 atom stereocenters. The second kappa shape index (κ2) is 7.45. The minimum absolute atomic E-state index is 0.102. The molecule has 1 saturated heterocycles. The molecule has 2 aromatic carbocycles. The normalized spacial score (nSPS) is 18.3. The highest BCUT2D eigenvalue weighted by molar-refractivity contribution is 6.04. The summed E-state index contributed by atoms with van der Waals surface area (Å²) >= 11 is 0. The summed E-state index contributed by atoms with van der Waals surface area (Å²) < 4.78 is 12.2. The lowest BCUT2D eigenvalue weighted by Crippen LogP contribution is -2.35. The predicted molar refractivity (Wildman–Crippen MR) is 118 cm³/mol. The first-order valence-corrected chi connectivity index (χ1v) is 10.2. The number of ether oxygens (including phenoxy) is 1. The number of likely N-dealkylation sites (tertiary alicyclic amines) is 1. The topological polar surface area (TPSA) is 137 Å². The SMILES string of the molecule is COc1ccc2c(c1)c(C(N)=O)nn2-c1cccc(-c2cc(C3(O)CCN(C)C3=O)on2)c1. The first-order valence-electron chi connectivity index (χ1n) is 10.2. The van der Waals surface area contributed by atoms with E-state index < -0.39 is 17.4 Å². The smallest absolute Gasteiger partial charge is 0.269 e. The molecule has 1 aliphatic rings. The van der Waals surface area contributed by atoms with Crippen molar-refractivity contribution in [1.82, 2.24) is 19.8 Å². The van der Waals surface area contributed by atoms with Crippen LogP contribution in [0.4, 0.5) is 0 Å². The lowest BCUT2D eigenvalue weighted by atomic mass is 9.98. The summed E-state index contributed by atoms with van der Waals surface area (Å²) in [6, 6.07) is 14.1. The lowest BCUT2D eigenvalue weighted by molar-refractivity contribution is -0.144. The molecule has 0 radical (unpaired) electrons. The van der Waals surface area contributed by atoms with Crippen molar-refractivity contribution in [3.8, 4) is 22.7 Å². The van der Waals surface area contributed by atoms with Gasteiger partial charge in [-0.25, -0.2) is 4.68 Å². The van der Waals surface area contributed by atoms with Gasteiger partial charge < -0.3 is 25.0 Å². The summed E-state index contributed by atoms with van der Waals surface area (Å²) in [4.78, 5) is 25.8. The first kappa shape index (κ1) is 20.7. The van der Waals surface area contributed by atoms with Crippen LogP contribution in [-0.4, -0.2) is 57.5 Å². The third-order valence-corrected chi connectivity index (χ3v) is 5.93. The average Bonchev–Trinajstić information content (AvgIpc) is 3.53. The largest absolute Gasteiger partial charge is 0.497 e. The molecule has 168 valence electrons. The van der Waals surface area contributed by atoms with Crippen LogP contribution < -0.4 is 10.5 Å². The number of benzene rings is 2. The molecule has 0 bridgehead atoms. The van der Waals surface area contributed by atoms with E-state index in [0.717, 1.165) is 0 Å². The maximum atomic E-state index is 12.4. The number of primary amides is 1. The van der Waals surface area contributed by atoms with Crippen LogP contribution in [0.5, 0.6) is 5.75 Å². The fraction of sp³-hybridized carbons (Fsp3) is 0.217. The van der Waals surface area contributed by atoms with E-state index in [4.69, 9.17) is 15.0 Å². The number of aliphatic hydroxyl groups is 1. The minimum atomic E-state index is -1.72. The lowest BCUT2D eigenvalue weighted by Gasteiger charge is -2.16. The van der Waals surface area contributed by atoms with Gasteiger partial charge in [-0.1, -0.05) is 17.3 Å². The van der Waals surface area contributed by atoms with Gasteiger partial charge >= 0.3 is 0 Å². The molecule has 1 aliphatic heterocycles. The molecule has 1 unspecified atom stereocenters. The molecule has 0 saturated carbocycles. The highest BCUT2D eigenvalue weighted by atomic mass is 16.5. The summed E-state index contributed by atoms with van der Waals surface area (Å²) in [7, 11) is 3.17. The number of nitrogens with two attached hydrogens (primary N) is 1. The molecule has 10 heteroatoms. The van der Waals surface area contributed by atoms with Gasteiger partial charge in [-0.3, -0.25) is 9.59 Å². The van der Waals surface area contributed by atoms with Gasteiger partial charge in [0.25, 0.3) is 11.8 Å². The number of likely N-dealkylation sites (N-methyl/N-ethyl adjacent to an activating group) is 1. The van der Waals surface area contributed by atoms with Crippen LogP contribution in [-0.2, 0) is 10.4 Å². The van der Waals surface area contributed by atoms with E-state index in [1.165, 1.54) is 4.90 Å². The maximum absolute atomic E-state index is 12.4. The molecule has 10 nitrogen and oxygen atoms in total. The maximum Gasteiger partial charge on any atom is 0.269 e. The highest BCUT2D eigenvalue weighted by Gasteiger charge is 2.48. The Hall–Kier alpha value is -4.18. The van der Waals surface area contributed by atoms with Gasteiger partial charge in [0.1, 0.15) is 11.4 Å². The molecule has 2 aromatic heterocycles. The number of amides is 2. The summed E-state index contributed by atoms with van der Waals surface area (Å²) in [5.41, 5.74) is 6.44. The standard InChI is InChI=1S/C23H21N5O5/c1-27-9-8-23(31,22(27)30)19-12-17(26-33-19)13-4-3-5-14(10-13)28-18-7-6-15(32-2)11-16(18)20(25-28)21(24)29/h3-7,10-12,31H,8-9H2,1-2H3,(H2,24,29). The summed E-state index contributed by atoms with van der Waals surface area (Å²) in [5, 5.41) is 19.9. The number of methoxy groups -OCH3 is 1. The van der Waals surface area contributed by atoms with Gasteiger partial charge in [-0.2, -0.15) is 5.10 Å². The van der Waals surface area contributed by atoms with Crippen molar-refractivity contribution < 1.29 is 24.0 Å². The molecule has 33 heavy (non-hydrogen) atoms. The summed E-state index contributed by atoms with van der Waals surface area (Å²) in [6.07, 6.45) is 0.232. The third kappa shape index (κ3) is 3.23. The van der Waals surface area contributed by atoms with Gasteiger partial charge in [0, 0.05) is 37.0 Å². The van der Waals surface area contributed by atoms with Crippen molar-refractivity contribution in [2.75, 3.05) is 20.7 Å². The average molecular weight is 447 g/mol. The quantitative estimate of drug-likeness (QED) is 0.476. The van der Waals surface area contributed by atoms with Crippen molar-refractivity contribution in [1.29, 1.82) is 0 Å². The van der Waals surface area contributed by atoms with Crippen molar-refractivity contribution >= 4 is 22.7 Å². The monoisotopic (exact) mass is 447 g/mol. The fourth-order valence-electron chi connectivity index (χ4n) is 4.09.